The van der Waals surface area contributed by atoms with E-state index in [2.05, 4.69) is 21.7 Å². The second kappa shape index (κ2) is 13.1. The summed E-state index contributed by atoms with van der Waals surface area (Å²) in [5.74, 6) is -2.07. The van der Waals surface area contributed by atoms with Crippen molar-refractivity contribution in [2.75, 3.05) is 18.4 Å². The summed E-state index contributed by atoms with van der Waals surface area (Å²) in [7, 11) is 0. The zero-order valence-electron chi connectivity index (χ0n) is 19.0. The second-order valence-electron chi connectivity index (χ2n) is 7.74. The molecule has 0 spiro atoms. The normalized spacial score (nSPS) is 14.0. The van der Waals surface area contributed by atoms with Crippen LogP contribution in [0.4, 0.5) is 18.9 Å². The maximum Gasteiger partial charge on any atom is 0.425 e. The number of benzene rings is 1. The lowest BCUT2D eigenvalue weighted by Crippen LogP contribution is -2.31. The molecule has 1 aliphatic heterocycles. The molecule has 0 bridgehead atoms. The summed E-state index contributed by atoms with van der Waals surface area (Å²) in [4.78, 5) is 23.5. The quantitative estimate of drug-likeness (QED) is 0.409. The van der Waals surface area contributed by atoms with Crippen molar-refractivity contribution in [3.05, 3.63) is 52.3 Å². The zero-order chi connectivity index (χ0) is 26.0. The number of halogens is 4. The van der Waals surface area contributed by atoms with Gasteiger partial charge in [0.25, 0.3) is 0 Å². The molecule has 0 saturated carbocycles. The topological polar surface area (TPSA) is 121 Å². The van der Waals surface area contributed by atoms with E-state index in [0.717, 1.165) is 38.5 Å². The number of pyridine rings is 1. The van der Waals surface area contributed by atoms with E-state index in [1.54, 1.807) is 6.07 Å². The highest BCUT2D eigenvalue weighted by Crippen LogP contribution is 2.31. The van der Waals surface area contributed by atoms with Crippen LogP contribution in [0.5, 0.6) is 5.75 Å². The zero-order valence-corrected chi connectivity index (χ0v) is 19.7. The third kappa shape index (κ3) is 9.61. The lowest BCUT2D eigenvalue weighted by molar-refractivity contribution is -0.189. The highest BCUT2D eigenvalue weighted by atomic mass is 35.5. The molecular formula is C23H27ClF3N3O5. The molecule has 0 amide bonds. The van der Waals surface area contributed by atoms with Crippen LogP contribution in [0.3, 0.4) is 0 Å². The molecule has 0 radical (unpaired) electrons. The highest BCUT2D eigenvalue weighted by Gasteiger charge is 2.38. The molecule has 0 aliphatic carbocycles. The monoisotopic (exact) mass is 517 g/mol. The van der Waals surface area contributed by atoms with Crippen LogP contribution in [0.1, 0.15) is 36.6 Å². The Hall–Kier alpha value is -3.05. The number of aromatic nitrogens is 1. The minimum absolute atomic E-state index is 0.0845. The van der Waals surface area contributed by atoms with Crippen molar-refractivity contribution < 1.29 is 37.7 Å². The standard InChI is InChI=1S/C19H21ClF3N3O.C4H6O4/c1-12(19(21,22)23)27-15-4-3-14(25-11-15)10-26-18-16-7-9-24-8-6-13(16)2-5-17(18)20;5-3(6)1-2-4(7)8/h2-5,11-12,24,26H,6-10H2,1H3;1-2H2,(H,5,6)(H,7,8). The number of alkyl halides is 3. The summed E-state index contributed by atoms with van der Waals surface area (Å²) in [5.41, 5.74) is 4.05. The molecule has 3 rings (SSSR count). The Morgan fingerprint density at radius 2 is 1.80 bits per heavy atom. The highest BCUT2D eigenvalue weighted by molar-refractivity contribution is 6.33. The van der Waals surface area contributed by atoms with Crippen LogP contribution in [0.2, 0.25) is 5.02 Å². The summed E-state index contributed by atoms with van der Waals surface area (Å²) < 4.78 is 42.5. The molecule has 1 atom stereocenters. The van der Waals surface area contributed by atoms with Crippen LogP contribution in [0, 0.1) is 0 Å². The van der Waals surface area contributed by atoms with Gasteiger partial charge in [-0.15, -0.1) is 0 Å². The number of fused-ring (bicyclic) bond motifs is 1. The van der Waals surface area contributed by atoms with Crippen molar-refractivity contribution in [2.24, 2.45) is 0 Å². The van der Waals surface area contributed by atoms with E-state index >= 15 is 0 Å². The van der Waals surface area contributed by atoms with Crippen LogP contribution >= 0.6 is 11.6 Å². The molecule has 1 aromatic carbocycles. The van der Waals surface area contributed by atoms with Gasteiger partial charge in [0.1, 0.15) is 5.75 Å². The minimum Gasteiger partial charge on any atom is -0.481 e. The third-order valence-electron chi connectivity index (χ3n) is 5.05. The fraction of sp³-hybridized carbons (Fsp3) is 0.435. The first kappa shape index (κ1) is 28.2. The lowest BCUT2D eigenvalue weighted by atomic mass is 10.0. The largest absolute Gasteiger partial charge is 0.481 e. The van der Waals surface area contributed by atoms with Crippen molar-refractivity contribution in [2.45, 2.75) is 51.4 Å². The van der Waals surface area contributed by atoms with Crippen molar-refractivity contribution >= 4 is 29.2 Å². The van der Waals surface area contributed by atoms with Gasteiger partial charge >= 0.3 is 18.1 Å². The number of hydrogen-bond acceptors (Lipinski definition) is 6. The molecule has 0 fully saturated rings. The average Bonchev–Trinajstić information content (AvgIpc) is 3.03. The van der Waals surface area contributed by atoms with Gasteiger partial charge in [0.15, 0.2) is 6.10 Å². The summed E-state index contributed by atoms with van der Waals surface area (Å²) >= 11 is 6.38. The van der Waals surface area contributed by atoms with Crippen molar-refractivity contribution in [1.29, 1.82) is 0 Å². The van der Waals surface area contributed by atoms with E-state index in [1.807, 2.05) is 6.07 Å². The SMILES string of the molecule is CC(Oc1ccc(CNc2c(Cl)ccc3c2CCNCC3)nc1)C(F)(F)F.O=C(O)CCC(=O)O. The summed E-state index contributed by atoms with van der Waals surface area (Å²) in [6, 6.07) is 7.07. The Morgan fingerprint density at radius 1 is 1.14 bits per heavy atom. The predicted octanol–water partition coefficient (Wildman–Crippen LogP) is 4.30. The van der Waals surface area contributed by atoms with Crippen molar-refractivity contribution in [3.8, 4) is 5.75 Å². The van der Waals surface area contributed by atoms with E-state index in [0.29, 0.717) is 17.3 Å². The predicted molar refractivity (Wildman–Crippen MR) is 124 cm³/mol. The van der Waals surface area contributed by atoms with Crippen LogP contribution in [-0.4, -0.2) is 52.5 Å². The van der Waals surface area contributed by atoms with Gasteiger partial charge in [-0.3, -0.25) is 14.6 Å². The number of carboxylic acid groups (broad SMARTS) is 2. The van der Waals surface area contributed by atoms with Crippen LogP contribution in [0.25, 0.3) is 0 Å². The van der Waals surface area contributed by atoms with E-state index in [-0.39, 0.29) is 18.6 Å². The van der Waals surface area contributed by atoms with Gasteiger partial charge in [0.2, 0.25) is 0 Å². The number of nitrogens with zero attached hydrogens (tertiary/aromatic N) is 1. The molecule has 4 N–H and O–H groups in total. The maximum absolute atomic E-state index is 12.6. The minimum atomic E-state index is -4.41. The van der Waals surface area contributed by atoms with Gasteiger partial charge in [0, 0.05) is 0 Å². The molecule has 0 saturated heterocycles. The molecule has 1 aliphatic rings. The van der Waals surface area contributed by atoms with Gasteiger partial charge in [-0.05, 0) is 62.2 Å². The molecule has 192 valence electrons. The number of anilines is 1. The van der Waals surface area contributed by atoms with Gasteiger partial charge in [-0.2, -0.15) is 13.2 Å². The second-order valence-corrected chi connectivity index (χ2v) is 8.15. The number of carboxylic acids is 2. The summed E-state index contributed by atoms with van der Waals surface area (Å²) in [5, 5.41) is 23.1. The van der Waals surface area contributed by atoms with Gasteiger partial charge < -0.3 is 25.6 Å². The van der Waals surface area contributed by atoms with Crippen LogP contribution < -0.4 is 15.4 Å². The number of carbonyl (C=O) groups is 2. The number of hydrogen-bond donors (Lipinski definition) is 4. The van der Waals surface area contributed by atoms with E-state index < -0.39 is 24.2 Å². The van der Waals surface area contributed by atoms with Gasteiger partial charge in [-0.1, -0.05) is 17.7 Å². The molecule has 1 aromatic heterocycles. The fourth-order valence-corrected chi connectivity index (χ4v) is 3.43. The molecule has 8 nitrogen and oxygen atoms in total. The van der Waals surface area contributed by atoms with Gasteiger partial charge in [-0.25, -0.2) is 0 Å². The lowest BCUT2D eigenvalue weighted by Gasteiger charge is -2.18. The Balaban J connectivity index is 0.000000466. The molecular weight excluding hydrogens is 491 g/mol. The van der Waals surface area contributed by atoms with Crippen molar-refractivity contribution in [1.82, 2.24) is 10.3 Å². The number of rotatable bonds is 8. The summed E-state index contributed by atoms with van der Waals surface area (Å²) in [6.45, 7) is 3.21. The maximum atomic E-state index is 12.6. The first-order valence-electron chi connectivity index (χ1n) is 10.8. The van der Waals surface area contributed by atoms with Gasteiger partial charge in [0.05, 0.1) is 42.0 Å². The van der Waals surface area contributed by atoms with E-state index in [4.69, 9.17) is 26.6 Å². The smallest absolute Gasteiger partial charge is 0.425 e. The Morgan fingerprint density at radius 3 is 2.37 bits per heavy atom. The Labute approximate surface area is 205 Å². The van der Waals surface area contributed by atoms with E-state index in [9.17, 15) is 22.8 Å². The molecule has 12 heteroatoms. The first-order valence-corrected chi connectivity index (χ1v) is 11.2. The fourth-order valence-electron chi connectivity index (χ4n) is 3.18. The average molecular weight is 518 g/mol. The van der Waals surface area contributed by atoms with Crippen LogP contribution in [-0.2, 0) is 29.0 Å². The molecule has 35 heavy (non-hydrogen) atoms. The first-order chi connectivity index (χ1) is 16.5. The summed E-state index contributed by atoms with van der Waals surface area (Å²) in [6.07, 6.45) is -3.75. The molecule has 1 unspecified atom stereocenters. The van der Waals surface area contributed by atoms with Crippen LogP contribution in [0.15, 0.2) is 30.5 Å². The number of ether oxygens (including phenoxy) is 1. The Kier molecular flexibility index (Phi) is 10.6. The third-order valence-corrected chi connectivity index (χ3v) is 5.37. The van der Waals surface area contributed by atoms with E-state index in [1.165, 1.54) is 23.4 Å². The molecule has 2 aromatic rings. The number of nitrogens with one attached hydrogen (secondary N) is 2. The Bertz CT molecular complexity index is 989. The number of aliphatic carboxylic acids is 2. The molecule has 2 heterocycles. The van der Waals surface area contributed by atoms with Crippen molar-refractivity contribution in [3.63, 3.8) is 0 Å².